The molecule has 1 N–H and O–H groups in total. The van der Waals surface area contributed by atoms with Crippen molar-refractivity contribution in [2.24, 2.45) is 0 Å². The Morgan fingerprint density at radius 2 is 2.00 bits per heavy atom. The van der Waals surface area contributed by atoms with Gasteiger partial charge in [0.25, 0.3) is 0 Å². The zero-order chi connectivity index (χ0) is 11.0. The van der Waals surface area contributed by atoms with Crippen molar-refractivity contribution in [2.75, 3.05) is 18.0 Å². The lowest BCUT2D eigenvalue weighted by Crippen LogP contribution is -2.30. The molecule has 1 saturated heterocycles. The van der Waals surface area contributed by atoms with Crippen LogP contribution in [0.2, 0.25) is 0 Å². The lowest BCUT2D eigenvalue weighted by molar-refractivity contribution is 0.574. The molecular formula is C12H16N4. The molecule has 0 bridgehead atoms. The summed E-state index contributed by atoms with van der Waals surface area (Å²) in [5.74, 6) is 1.93. The summed E-state index contributed by atoms with van der Waals surface area (Å²) in [6.45, 7) is 4.19. The number of anilines is 1. The van der Waals surface area contributed by atoms with E-state index in [0.717, 1.165) is 35.8 Å². The minimum absolute atomic E-state index is 0.854. The minimum atomic E-state index is 0.854. The molecule has 16 heavy (non-hydrogen) atoms. The van der Waals surface area contributed by atoms with Crippen LogP contribution in [-0.2, 0) is 0 Å². The van der Waals surface area contributed by atoms with Crippen LogP contribution in [0.4, 0.5) is 5.82 Å². The molecule has 0 aliphatic carbocycles. The van der Waals surface area contributed by atoms with Gasteiger partial charge in [0.15, 0.2) is 5.82 Å². The van der Waals surface area contributed by atoms with Crippen molar-refractivity contribution in [3.63, 3.8) is 0 Å². The highest BCUT2D eigenvalue weighted by molar-refractivity contribution is 5.86. The predicted molar refractivity (Wildman–Crippen MR) is 64.7 cm³/mol. The maximum atomic E-state index is 4.58. The summed E-state index contributed by atoms with van der Waals surface area (Å²) in [4.78, 5) is 14.6. The quantitative estimate of drug-likeness (QED) is 0.795. The first kappa shape index (κ1) is 9.63. The Bertz CT molecular complexity index is 497. The summed E-state index contributed by atoms with van der Waals surface area (Å²) >= 11 is 0. The smallest absolute Gasteiger partial charge is 0.156 e. The van der Waals surface area contributed by atoms with Gasteiger partial charge in [-0.05, 0) is 32.3 Å². The van der Waals surface area contributed by atoms with Crippen molar-refractivity contribution in [2.45, 2.75) is 26.2 Å². The van der Waals surface area contributed by atoms with Crippen LogP contribution in [0.3, 0.4) is 0 Å². The third kappa shape index (κ3) is 1.54. The van der Waals surface area contributed by atoms with Gasteiger partial charge in [0.2, 0.25) is 0 Å². The molecule has 0 radical (unpaired) electrons. The van der Waals surface area contributed by atoms with Gasteiger partial charge in [0.05, 0.1) is 5.52 Å². The lowest BCUT2D eigenvalue weighted by atomic mass is 10.1. The molecule has 0 amide bonds. The van der Waals surface area contributed by atoms with E-state index in [0.29, 0.717) is 0 Å². The molecule has 3 rings (SSSR count). The molecule has 0 saturated carbocycles. The van der Waals surface area contributed by atoms with E-state index in [9.17, 15) is 0 Å². The van der Waals surface area contributed by atoms with Gasteiger partial charge >= 0.3 is 0 Å². The fourth-order valence-corrected chi connectivity index (χ4v) is 2.38. The number of fused-ring (bicyclic) bond motifs is 1. The van der Waals surface area contributed by atoms with E-state index in [1.807, 2.05) is 19.2 Å². The van der Waals surface area contributed by atoms with Gasteiger partial charge in [-0.1, -0.05) is 0 Å². The van der Waals surface area contributed by atoms with E-state index in [-0.39, 0.29) is 0 Å². The third-order valence-corrected chi connectivity index (χ3v) is 3.15. The lowest BCUT2D eigenvalue weighted by Gasteiger charge is -2.28. The Labute approximate surface area is 94.7 Å². The molecule has 1 fully saturated rings. The molecule has 4 heteroatoms. The zero-order valence-corrected chi connectivity index (χ0v) is 9.53. The van der Waals surface area contributed by atoms with Crippen LogP contribution in [-0.4, -0.2) is 28.0 Å². The molecule has 4 nitrogen and oxygen atoms in total. The number of hydrogen-bond donors (Lipinski definition) is 1. The number of aromatic amines is 1. The fraction of sp³-hybridized carbons (Fsp3) is 0.500. The van der Waals surface area contributed by atoms with E-state index in [1.165, 1.54) is 19.3 Å². The number of aromatic nitrogens is 3. The average Bonchev–Trinajstić information content (AvgIpc) is 2.77. The highest BCUT2D eigenvalue weighted by Crippen LogP contribution is 2.24. The molecule has 1 aliphatic heterocycles. The Kier molecular flexibility index (Phi) is 2.27. The first-order chi connectivity index (χ1) is 7.84. The number of H-pyrrole nitrogens is 1. The summed E-state index contributed by atoms with van der Waals surface area (Å²) in [5.41, 5.74) is 2.10. The van der Waals surface area contributed by atoms with Crippen molar-refractivity contribution >= 4 is 16.9 Å². The number of hydrogen-bond acceptors (Lipinski definition) is 3. The average molecular weight is 216 g/mol. The van der Waals surface area contributed by atoms with E-state index >= 15 is 0 Å². The van der Waals surface area contributed by atoms with Gasteiger partial charge in [-0.15, -0.1) is 0 Å². The number of nitrogens with zero attached hydrogens (tertiary/aromatic N) is 3. The summed E-state index contributed by atoms with van der Waals surface area (Å²) in [6.07, 6.45) is 5.82. The number of nitrogens with one attached hydrogen (secondary N) is 1. The summed E-state index contributed by atoms with van der Waals surface area (Å²) in [5, 5.41) is 0. The van der Waals surface area contributed by atoms with Crippen molar-refractivity contribution in [3.05, 3.63) is 18.1 Å². The fourth-order valence-electron chi connectivity index (χ4n) is 2.38. The molecule has 0 aromatic carbocycles. The summed E-state index contributed by atoms with van der Waals surface area (Å²) in [6, 6.07) is 2.01. The Hall–Kier alpha value is -1.58. The van der Waals surface area contributed by atoms with Gasteiger partial charge < -0.3 is 9.88 Å². The molecule has 2 aromatic rings. The second-order valence-corrected chi connectivity index (χ2v) is 4.38. The maximum absolute atomic E-state index is 4.58. The molecule has 1 aliphatic rings. The van der Waals surface area contributed by atoms with Gasteiger partial charge in [-0.25, -0.2) is 9.97 Å². The highest BCUT2D eigenvalue weighted by Gasteiger charge is 2.16. The van der Waals surface area contributed by atoms with Crippen LogP contribution in [0.15, 0.2) is 12.3 Å². The third-order valence-electron chi connectivity index (χ3n) is 3.15. The Morgan fingerprint density at radius 3 is 2.81 bits per heavy atom. The largest absolute Gasteiger partial charge is 0.357 e. The van der Waals surface area contributed by atoms with Gasteiger partial charge in [0, 0.05) is 19.3 Å². The van der Waals surface area contributed by atoms with Crippen LogP contribution in [0.5, 0.6) is 0 Å². The number of rotatable bonds is 1. The zero-order valence-electron chi connectivity index (χ0n) is 9.53. The summed E-state index contributed by atoms with van der Waals surface area (Å²) in [7, 11) is 0. The molecule has 2 aromatic heterocycles. The van der Waals surface area contributed by atoms with Gasteiger partial charge in [0.1, 0.15) is 11.3 Å². The molecule has 3 heterocycles. The van der Waals surface area contributed by atoms with E-state index in [4.69, 9.17) is 0 Å². The van der Waals surface area contributed by atoms with Crippen LogP contribution in [0.1, 0.15) is 25.1 Å². The monoisotopic (exact) mass is 216 g/mol. The normalized spacial score (nSPS) is 16.9. The Morgan fingerprint density at radius 1 is 1.19 bits per heavy atom. The number of aryl methyl sites for hydroxylation is 1. The van der Waals surface area contributed by atoms with Gasteiger partial charge in [-0.3, -0.25) is 0 Å². The van der Waals surface area contributed by atoms with Crippen molar-refractivity contribution in [3.8, 4) is 0 Å². The first-order valence-corrected chi connectivity index (χ1v) is 5.91. The maximum Gasteiger partial charge on any atom is 0.156 e. The Balaban J connectivity index is 2.09. The molecule has 84 valence electrons. The van der Waals surface area contributed by atoms with Gasteiger partial charge in [-0.2, -0.15) is 0 Å². The number of piperidine rings is 1. The SMILES string of the molecule is Cc1nc(N2CCCCC2)c2[nH]ccc2n1. The molecule has 0 atom stereocenters. The topological polar surface area (TPSA) is 44.8 Å². The van der Waals surface area contributed by atoms with Crippen LogP contribution in [0, 0.1) is 6.92 Å². The van der Waals surface area contributed by atoms with Crippen LogP contribution < -0.4 is 4.90 Å². The van der Waals surface area contributed by atoms with E-state index in [2.05, 4.69) is 19.9 Å². The molecule has 0 unspecified atom stereocenters. The van der Waals surface area contributed by atoms with Crippen molar-refractivity contribution in [1.82, 2.24) is 15.0 Å². The summed E-state index contributed by atoms with van der Waals surface area (Å²) < 4.78 is 0. The van der Waals surface area contributed by atoms with Crippen LogP contribution in [0.25, 0.3) is 11.0 Å². The second-order valence-electron chi connectivity index (χ2n) is 4.38. The van der Waals surface area contributed by atoms with E-state index < -0.39 is 0 Å². The second kappa shape index (κ2) is 3.77. The van der Waals surface area contributed by atoms with Crippen molar-refractivity contribution < 1.29 is 0 Å². The standard InChI is InChI=1S/C12H16N4/c1-9-14-10-5-6-13-11(10)12(15-9)16-7-3-2-4-8-16/h5-6,13H,2-4,7-8H2,1H3. The first-order valence-electron chi connectivity index (χ1n) is 5.91. The molecular weight excluding hydrogens is 200 g/mol. The molecule has 0 spiro atoms. The van der Waals surface area contributed by atoms with Crippen molar-refractivity contribution in [1.29, 1.82) is 0 Å². The highest BCUT2D eigenvalue weighted by atomic mass is 15.2. The van der Waals surface area contributed by atoms with E-state index in [1.54, 1.807) is 0 Å². The van der Waals surface area contributed by atoms with Crippen LogP contribution >= 0.6 is 0 Å². The minimum Gasteiger partial charge on any atom is -0.357 e. The predicted octanol–water partition coefficient (Wildman–Crippen LogP) is 2.26.